The van der Waals surface area contributed by atoms with Crippen molar-refractivity contribution in [3.05, 3.63) is 53.5 Å². The van der Waals surface area contributed by atoms with Gasteiger partial charge in [0, 0.05) is 31.7 Å². The number of carbonyl (C=O) groups is 1. The van der Waals surface area contributed by atoms with Gasteiger partial charge in [0.15, 0.2) is 5.69 Å². The molecule has 1 aromatic carbocycles. The number of hydrogen-bond donors (Lipinski definition) is 0. The Balaban J connectivity index is 1.61. The fourth-order valence-electron chi connectivity index (χ4n) is 2.87. The van der Waals surface area contributed by atoms with Gasteiger partial charge in [-0.1, -0.05) is 26.0 Å². The second kappa shape index (κ2) is 7.31. The van der Waals surface area contributed by atoms with E-state index in [1.54, 1.807) is 6.20 Å². The minimum Gasteiger partial charge on any atom is -0.352 e. The zero-order valence-electron chi connectivity index (χ0n) is 14.5. The van der Waals surface area contributed by atoms with Crippen molar-refractivity contribution in [2.45, 2.75) is 19.8 Å². The average molecular weight is 335 g/mol. The van der Waals surface area contributed by atoms with E-state index in [-0.39, 0.29) is 5.91 Å². The maximum atomic E-state index is 12.7. The summed E-state index contributed by atoms with van der Waals surface area (Å²) >= 11 is 0. The highest BCUT2D eigenvalue weighted by atomic mass is 16.2. The third-order valence-electron chi connectivity index (χ3n) is 4.47. The van der Waals surface area contributed by atoms with Crippen molar-refractivity contribution in [2.75, 3.05) is 31.1 Å². The number of piperazine rings is 1. The van der Waals surface area contributed by atoms with Crippen molar-refractivity contribution >= 4 is 11.7 Å². The van der Waals surface area contributed by atoms with Crippen molar-refractivity contribution in [3.8, 4) is 6.07 Å². The molecule has 0 radical (unpaired) electrons. The molecule has 128 valence electrons. The number of carbonyl (C=O) groups excluding carboxylic acids is 1. The smallest absolute Gasteiger partial charge is 0.253 e. The van der Waals surface area contributed by atoms with Gasteiger partial charge in [0.1, 0.15) is 11.9 Å². The van der Waals surface area contributed by atoms with Gasteiger partial charge in [0.25, 0.3) is 5.91 Å². The summed E-state index contributed by atoms with van der Waals surface area (Å²) in [5.41, 5.74) is 2.28. The highest BCUT2D eigenvalue weighted by molar-refractivity contribution is 5.94. The quantitative estimate of drug-likeness (QED) is 0.861. The lowest BCUT2D eigenvalue weighted by Crippen LogP contribution is -2.49. The second-order valence-corrected chi connectivity index (χ2v) is 6.43. The standard InChI is InChI=1S/C19H21N5O/c1-14(2)15-3-5-16(6-4-15)19(25)24-9-7-23(8-10-24)18-13-21-17(11-20)12-22-18/h3-6,12-14H,7-10H2,1-2H3. The number of amides is 1. The number of anilines is 1. The van der Waals surface area contributed by atoms with Gasteiger partial charge in [-0.3, -0.25) is 4.79 Å². The molecule has 0 spiro atoms. The first kappa shape index (κ1) is 16.9. The largest absolute Gasteiger partial charge is 0.352 e. The van der Waals surface area contributed by atoms with Crippen molar-refractivity contribution in [2.24, 2.45) is 0 Å². The van der Waals surface area contributed by atoms with Crippen molar-refractivity contribution < 1.29 is 4.79 Å². The average Bonchev–Trinajstić information content (AvgIpc) is 2.67. The van der Waals surface area contributed by atoms with Gasteiger partial charge in [-0.25, -0.2) is 9.97 Å². The zero-order valence-corrected chi connectivity index (χ0v) is 14.5. The third kappa shape index (κ3) is 3.77. The summed E-state index contributed by atoms with van der Waals surface area (Å²) in [6.07, 6.45) is 3.09. The number of aromatic nitrogens is 2. The van der Waals surface area contributed by atoms with Crippen LogP contribution in [0.3, 0.4) is 0 Å². The van der Waals surface area contributed by atoms with Gasteiger partial charge >= 0.3 is 0 Å². The van der Waals surface area contributed by atoms with Gasteiger partial charge in [-0.15, -0.1) is 0 Å². The van der Waals surface area contributed by atoms with E-state index in [9.17, 15) is 4.79 Å². The van der Waals surface area contributed by atoms with Crippen LogP contribution in [0.1, 0.15) is 41.4 Å². The van der Waals surface area contributed by atoms with Crippen LogP contribution < -0.4 is 4.90 Å². The first-order valence-corrected chi connectivity index (χ1v) is 8.45. The van der Waals surface area contributed by atoms with Crippen LogP contribution in [0.25, 0.3) is 0 Å². The molecule has 1 aromatic heterocycles. The third-order valence-corrected chi connectivity index (χ3v) is 4.47. The maximum absolute atomic E-state index is 12.7. The zero-order chi connectivity index (χ0) is 17.8. The summed E-state index contributed by atoms with van der Waals surface area (Å²) in [5.74, 6) is 1.27. The first-order valence-electron chi connectivity index (χ1n) is 8.45. The summed E-state index contributed by atoms with van der Waals surface area (Å²) in [7, 11) is 0. The monoisotopic (exact) mass is 335 g/mol. The van der Waals surface area contributed by atoms with Crippen molar-refractivity contribution in [1.29, 1.82) is 5.26 Å². The van der Waals surface area contributed by atoms with Crippen LogP contribution in [0, 0.1) is 11.3 Å². The Morgan fingerprint density at radius 2 is 1.76 bits per heavy atom. The summed E-state index contributed by atoms with van der Waals surface area (Å²) in [5, 5.41) is 8.78. The van der Waals surface area contributed by atoms with Gasteiger partial charge in [0.2, 0.25) is 0 Å². The SMILES string of the molecule is CC(C)c1ccc(C(=O)N2CCN(c3cnc(C#N)cn3)CC2)cc1. The summed E-state index contributed by atoms with van der Waals surface area (Å²) in [4.78, 5) is 24.9. The summed E-state index contributed by atoms with van der Waals surface area (Å²) in [6, 6.07) is 9.85. The number of hydrogen-bond acceptors (Lipinski definition) is 5. The molecule has 1 saturated heterocycles. The Labute approximate surface area is 147 Å². The Hall–Kier alpha value is -2.94. The highest BCUT2D eigenvalue weighted by Crippen LogP contribution is 2.17. The first-order chi connectivity index (χ1) is 12.1. The van der Waals surface area contributed by atoms with E-state index >= 15 is 0 Å². The Morgan fingerprint density at radius 1 is 1.08 bits per heavy atom. The lowest BCUT2D eigenvalue weighted by Gasteiger charge is -2.35. The summed E-state index contributed by atoms with van der Waals surface area (Å²) < 4.78 is 0. The molecule has 6 heteroatoms. The molecule has 0 N–H and O–H groups in total. The lowest BCUT2D eigenvalue weighted by atomic mass is 10.0. The molecule has 1 aliphatic rings. The highest BCUT2D eigenvalue weighted by Gasteiger charge is 2.23. The number of rotatable bonds is 3. The molecule has 2 heterocycles. The number of nitrogens with zero attached hydrogens (tertiary/aromatic N) is 5. The van der Waals surface area contributed by atoms with Crippen molar-refractivity contribution in [3.63, 3.8) is 0 Å². The van der Waals surface area contributed by atoms with Crippen LogP contribution in [0.5, 0.6) is 0 Å². The molecule has 6 nitrogen and oxygen atoms in total. The van der Waals surface area contributed by atoms with E-state index < -0.39 is 0 Å². The molecule has 1 aliphatic heterocycles. The molecule has 1 amide bonds. The fraction of sp³-hybridized carbons (Fsp3) is 0.368. The van der Waals surface area contributed by atoms with Crippen LogP contribution in [0.4, 0.5) is 5.82 Å². The van der Waals surface area contributed by atoms with E-state index in [0.717, 1.165) is 11.4 Å². The van der Waals surface area contributed by atoms with Gasteiger partial charge < -0.3 is 9.80 Å². The van der Waals surface area contributed by atoms with E-state index in [2.05, 4.69) is 28.7 Å². The molecular formula is C19H21N5O. The van der Waals surface area contributed by atoms with E-state index in [1.807, 2.05) is 35.2 Å². The molecule has 2 aromatic rings. The van der Waals surface area contributed by atoms with Crippen molar-refractivity contribution in [1.82, 2.24) is 14.9 Å². The van der Waals surface area contributed by atoms with Gasteiger partial charge in [-0.05, 0) is 23.6 Å². The van der Waals surface area contributed by atoms with E-state index in [1.165, 1.54) is 11.8 Å². The predicted molar refractivity (Wildman–Crippen MR) is 95.4 cm³/mol. The summed E-state index contributed by atoms with van der Waals surface area (Å²) in [6.45, 7) is 6.98. The molecule has 0 aliphatic carbocycles. The Morgan fingerprint density at radius 3 is 2.28 bits per heavy atom. The molecule has 0 saturated carbocycles. The predicted octanol–water partition coefficient (Wildman–Crippen LogP) is 2.43. The van der Waals surface area contributed by atoms with Crippen LogP contribution in [-0.2, 0) is 0 Å². The number of benzene rings is 1. The van der Waals surface area contributed by atoms with Crippen LogP contribution in [0.15, 0.2) is 36.7 Å². The minimum atomic E-state index is 0.0702. The molecule has 1 fully saturated rings. The van der Waals surface area contributed by atoms with Gasteiger partial charge in [0.05, 0.1) is 12.4 Å². The minimum absolute atomic E-state index is 0.0702. The molecule has 25 heavy (non-hydrogen) atoms. The molecule has 0 atom stereocenters. The molecule has 0 unspecified atom stereocenters. The molecule has 3 rings (SSSR count). The van der Waals surface area contributed by atoms with Crippen LogP contribution >= 0.6 is 0 Å². The fourth-order valence-corrected chi connectivity index (χ4v) is 2.87. The molecular weight excluding hydrogens is 314 g/mol. The van der Waals surface area contributed by atoms with Crippen LogP contribution in [-0.4, -0.2) is 47.0 Å². The van der Waals surface area contributed by atoms with E-state index in [0.29, 0.717) is 37.8 Å². The lowest BCUT2D eigenvalue weighted by molar-refractivity contribution is 0.0746. The van der Waals surface area contributed by atoms with Gasteiger partial charge in [-0.2, -0.15) is 5.26 Å². The second-order valence-electron chi connectivity index (χ2n) is 6.43. The van der Waals surface area contributed by atoms with E-state index in [4.69, 9.17) is 5.26 Å². The number of nitriles is 1. The van der Waals surface area contributed by atoms with Crippen LogP contribution in [0.2, 0.25) is 0 Å². The Bertz CT molecular complexity index is 769. The maximum Gasteiger partial charge on any atom is 0.253 e. The topological polar surface area (TPSA) is 73.1 Å². The Kier molecular flexibility index (Phi) is 4.94. The molecule has 0 bridgehead atoms. The normalized spacial score (nSPS) is 14.5.